The van der Waals surface area contributed by atoms with Gasteiger partial charge in [-0.05, 0) is 118 Å². The molecule has 7 atom stereocenters. The number of fused-ring (bicyclic) bond motifs is 1. The standard InChI is InChI=1S/C80H130ClN17O24S7/c1-56(2)36-66(86-59(6)99)47-98(129(121,122)70-32-29-63(81)30-33-70)54-79(106)89-67(37-60-22-14-12-15-23-60)44-95(126(10,115)116)50-76(103)88-65(31-34-80(107)108)43-94(125(9,113)114)52-78(105)91-69(39-62-40-84-72-28-19-18-27-71(62)72)45-96(127(11,117)118)49-75(102)87-64(26-20-21-35-82)42-93(124(8,111)112)51-77(104)90-68(38-61-24-16-13-17-25-61)46-97(128(119,120)55-57(3)4)53-74(101)85-58(5)41-92(48-73(83)100)123(7,109)110/h12,14-15,18-19,22-23,27-30,32-33,40,56-58,61,64-69,84H,13,16-17,20-21,24-26,31,34-39,41-55,82H2,1-11H3,(H2,83,100)(H,85,101)(H,86,99)(H,87,102)(H,88,103)(H,89,106)(H,90,104)(H,91,105)(H,107,108)/t58-,64-,65-,66-,67-,68-,69-/m0/s1. The van der Waals surface area contributed by atoms with E-state index in [0.717, 1.165) is 61.5 Å². The van der Waals surface area contributed by atoms with Crippen LogP contribution >= 0.6 is 11.6 Å². The number of aromatic amines is 1. The minimum Gasteiger partial charge on any atom is -0.481 e. The third-order valence-electron chi connectivity index (χ3n) is 20.9. The van der Waals surface area contributed by atoms with Gasteiger partial charge in [0.1, 0.15) is 0 Å². The molecule has 41 nitrogen and oxygen atoms in total. The summed E-state index contributed by atoms with van der Waals surface area (Å²) < 4.78 is 199. The first-order valence-electron chi connectivity index (χ1n) is 42.2. The molecule has 728 valence electrons. The van der Waals surface area contributed by atoms with Crippen molar-refractivity contribution in [1.29, 1.82) is 0 Å². The second-order valence-corrected chi connectivity index (χ2v) is 48.3. The van der Waals surface area contributed by atoms with E-state index in [1.54, 1.807) is 74.6 Å². The number of amides is 8. The largest absolute Gasteiger partial charge is 0.481 e. The zero-order chi connectivity index (χ0) is 96.7. The highest BCUT2D eigenvalue weighted by molar-refractivity contribution is 7.90. The molecule has 1 saturated carbocycles. The lowest BCUT2D eigenvalue weighted by atomic mass is 9.84. The first kappa shape index (κ1) is 112. The maximum atomic E-state index is 14.7. The Balaban J connectivity index is 1.42. The van der Waals surface area contributed by atoms with Crippen LogP contribution < -0.4 is 48.7 Å². The van der Waals surface area contributed by atoms with Gasteiger partial charge in [0.2, 0.25) is 117 Å². The van der Waals surface area contributed by atoms with Crippen molar-refractivity contribution in [3.8, 4) is 0 Å². The molecule has 1 fully saturated rings. The van der Waals surface area contributed by atoms with Gasteiger partial charge in [-0.1, -0.05) is 126 Å². The Morgan fingerprint density at radius 1 is 0.465 bits per heavy atom. The van der Waals surface area contributed by atoms with Gasteiger partial charge >= 0.3 is 5.97 Å². The van der Waals surface area contributed by atoms with E-state index in [4.69, 9.17) is 23.1 Å². The minimum absolute atomic E-state index is 0.00313. The summed E-state index contributed by atoms with van der Waals surface area (Å²) in [6, 6.07) is 12.3. The molecule has 5 rings (SSSR count). The van der Waals surface area contributed by atoms with E-state index < -0.39 is 275 Å². The van der Waals surface area contributed by atoms with Gasteiger partial charge in [-0.15, -0.1) is 0 Å². The minimum atomic E-state index is -4.58. The molecule has 1 heterocycles. The number of aromatic nitrogens is 1. The van der Waals surface area contributed by atoms with Crippen LogP contribution in [0.5, 0.6) is 0 Å². The zero-order valence-corrected chi connectivity index (χ0v) is 81.4. The van der Waals surface area contributed by atoms with Crippen molar-refractivity contribution in [1.82, 2.24) is 72.3 Å². The Bertz CT molecular complexity index is 5270. The zero-order valence-electron chi connectivity index (χ0n) is 74.9. The van der Waals surface area contributed by atoms with Crippen LogP contribution in [0.2, 0.25) is 5.02 Å². The Kier molecular flexibility index (Phi) is 44.4. The average Bonchev–Trinajstić information content (AvgIpc) is 1.11. The highest BCUT2D eigenvalue weighted by atomic mass is 35.5. The topological polar surface area (TPSA) is 588 Å². The summed E-state index contributed by atoms with van der Waals surface area (Å²) in [6.45, 7) is -0.647. The molecular formula is C80H130ClN17O24S7. The van der Waals surface area contributed by atoms with E-state index >= 15 is 0 Å². The van der Waals surface area contributed by atoms with Crippen LogP contribution in [0.4, 0.5) is 0 Å². The third kappa shape index (κ3) is 41.4. The SMILES string of the molecule is CC(=O)N[C@@H](CC(C)C)CN(CC(=O)N[C@@H](Cc1ccccc1)CN(CC(=O)N[C@@H](CCC(=O)O)CN(CC(=O)N[C@@H](Cc1c[nH]c2ccccc12)CN(CC(=O)N[C@@H](CCCCN)CN(CC(=O)N[C@@H](CC1CCCCC1)CN(CC(=O)N[C@@H](C)CN(CC(N)=O)S(C)(=O)=O)S(=O)(=O)CC(C)C)S(C)(=O)=O)S(C)(=O)=O)S(C)(=O)=O)S(C)(=O)=O)S(=O)(=O)c1ccc(Cl)cc1. The van der Waals surface area contributed by atoms with E-state index in [-0.39, 0.29) is 73.4 Å². The summed E-state index contributed by atoms with van der Waals surface area (Å²) in [6.07, 6.45) is 8.93. The smallest absolute Gasteiger partial charge is 0.303 e. The number of unbranched alkanes of at least 4 members (excludes halogenated alkanes) is 1. The molecule has 4 aromatic rings. The van der Waals surface area contributed by atoms with Crippen LogP contribution in [-0.4, -0.2) is 330 Å². The molecule has 3 aromatic carbocycles. The summed E-state index contributed by atoms with van der Waals surface area (Å²) in [4.78, 5) is 126. The second kappa shape index (κ2) is 51.3. The van der Waals surface area contributed by atoms with Crippen molar-refractivity contribution >= 4 is 146 Å². The van der Waals surface area contributed by atoms with Gasteiger partial charge in [0.05, 0.1) is 87.7 Å². The summed E-state index contributed by atoms with van der Waals surface area (Å²) in [5, 5.41) is 29.5. The van der Waals surface area contributed by atoms with Gasteiger partial charge in [0, 0.05) is 124 Å². The number of carboxylic acid groups (broad SMARTS) is 1. The molecule has 13 N–H and O–H groups in total. The van der Waals surface area contributed by atoms with Crippen molar-refractivity contribution in [3.63, 3.8) is 0 Å². The van der Waals surface area contributed by atoms with Crippen LogP contribution in [0.3, 0.4) is 0 Å². The Labute approximate surface area is 764 Å². The molecule has 1 aromatic heterocycles. The summed E-state index contributed by atoms with van der Waals surface area (Å²) in [7, 11) is -30.8. The number of halogens is 1. The fourth-order valence-corrected chi connectivity index (χ4v) is 22.5. The van der Waals surface area contributed by atoms with Crippen molar-refractivity contribution in [2.45, 2.75) is 179 Å². The molecule has 1 aliphatic carbocycles. The highest BCUT2D eigenvalue weighted by Crippen LogP contribution is 2.29. The van der Waals surface area contributed by atoms with Gasteiger partial charge < -0.3 is 58.8 Å². The lowest BCUT2D eigenvalue weighted by Crippen LogP contribution is -2.55. The van der Waals surface area contributed by atoms with Gasteiger partial charge in [0.25, 0.3) is 0 Å². The molecule has 1 aliphatic rings. The lowest BCUT2D eigenvalue weighted by molar-refractivity contribution is -0.137. The molecule has 0 radical (unpaired) electrons. The second-order valence-electron chi connectivity index (χ2n) is 34.0. The number of nitrogens with one attached hydrogen (secondary N) is 8. The Morgan fingerprint density at radius 3 is 1.35 bits per heavy atom. The van der Waals surface area contributed by atoms with E-state index in [9.17, 15) is 107 Å². The van der Waals surface area contributed by atoms with E-state index in [1.807, 2.05) is 13.8 Å². The third-order valence-corrected chi connectivity index (χ3v) is 31.2. The Morgan fingerprint density at radius 2 is 0.884 bits per heavy atom. The number of hydrogen-bond donors (Lipinski definition) is 11. The van der Waals surface area contributed by atoms with E-state index in [2.05, 4.69) is 42.2 Å². The molecule has 0 bridgehead atoms. The summed E-state index contributed by atoms with van der Waals surface area (Å²) in [5.41, 5.74) is 12.8. The Hall–Kier alpha value is -7.95. The van der Waals surface area contributed by atoms with Crippen LogP contribution in [0, 0.1) is 17.8 Å². The van der Waals surface area contributed by atoms with Crippen molar-refractivity contribution in [2.75, 3.05) is 135 Å². The van der Waals surface area contributed by atoms with E-state index in [1.165, 1.54) is 38.1 Å². The number of benzene rings is 3. The number of hydrogen-bond acceptors (Lipinski definition) is 24. The number of nitrogens with zero attached hydrogens (tertiary/aromatic N) is 7. The number of sulfonamides is 7. The van der Waals surface area contributed by atoms with Crippen molar-refractivity contribution < 1.29 is 107 Å². The van der Waals surface area contributed by atoms with E-state index in [0.29, 0.717) is 60.5 Å². The molecule has 0 aliphatic heterocycles. The van der Waals surface area contributed by atoms with Crippen molar-refractivity contribution in [3.05, 3.63) is 101 Å². The number of H-pyrrole nitrogens is 1. The molecule has 0 saturated heterocycles. The molecule has 0 unspecified atom stereocenters. The van der Waals surface area contributed by atoms with Gasteiger partial charge in [-0.3, -0.25) is 43.2 Å². The van der Waals surface area contributed by atoms with Crippen LogP contribution in [0.1, 0.15) is 130 Å². The number of primary amides is 1. The molecule has 0 spiro atoms. The number of para-hydroxylation sites is 1. The lowest BCUT2D eigenvalue weighted by Gasteiger charge is -2.32. The number of carbonyl (C=O) groups excluding carboxylic acids is 8. The van der Waals surface area contributed by atoms with Crippen LogP contribution in [0.15, 0.2) is 90.0 Å². The predicted molar refractivity (Wildman–Crippen MR) is 489 cm³/mol. The maximum Gasteiger partial charge on any atom is 0.303 e. The first-order chi connectivity index (χ1) is 59.9. The van der Waals surface area contributed by atoms with Crippen LogP contribution in [-0.2, 0) is 126 Å². The summed E-state index contributed by atoms with van der Waals surface area (Å²) >= 11 is 6.11. The number of rotatable bonds is 60. The van der Waals surface area contributed by atoms with Crippen LogP contribution in [0.25, 0.3) is 10.9 Å². The quantitative estimate of drug-likeness (QED) is 0.0255. The maximum absolute atomic E-state index is 14.7. The molecule has 49 heteroatoms. The first-order valence-corrected chi connectivity index (χ1v) is 54.9. The molecule has 8 amide bonds. The number of aliphatic carboxylic acids is 1. The van der Waals surface area contributed by atoms with Gasteiger partial charge in [-0.25, -0.2) is 58.9 Å². The fourth-order valence-electron chi connectivity index (χ4n) is 15.1. The number of carbonyl (C=O) groups is 9. The number of nitrogens with two attached hydrogens (primary N) is 2. The fraction of sp³-hybridized carbons (Fsp3) is 0.637. The predicted octanol–water partition coefficient (Wildman–Crippen LogP) is -0.178. The molecular weight excluding hydrogens is 1840 g/mol. The average molecular weight is 1970 g/mol. The summed E-state index contributed by atoms with van der Waals surface area (Å²) in [5.74, 6) is -9.81. The number of carboxylic acids is 1. The monoisotopic (exact) mass is 1970 g/mol. The molecule has 129 heavy (non-hydrogen) atoms. The van der Waals surface area contributed by atoms with Gasteiger partial charge in [-0.2, -0.15) is 30.1 Å². The highest BCUT2D eigenvalue weighted by Gasteiger charge is 2.38. The van der Waals surface area contributed by atoms with Gasteiger partial charge in [0.15, 0.2) is 0 Å². The van der Waals surface area contributed by atoms with Crippen molar-refractivity contribution in [2.24, 2.45) is 29.2 Å². The normalized spacial score (nSPS) is 15.2.